The minimum Gasteiger partial charge on any atom is -0.447 e. The molecule has 16 heavy (non-hydrogen) atoms. The number of likely N-dealkylation sites (tertiary alicyclic amines) is 1. The molecule has 4 nitrogen and oxygen atoms in total. The van der Waals surface area contributed by atoms with Gasteiger partial charge in [-0.2, -0.15) is 0 Å². The number of alkyl carbamates (subject to hydrolysis) is 1. The first-order valence-electron chi connectivity index (χ1n) is 6.32. The summed E-state index contributed by atoms with van der Waals surface area (Å²) < 4.78 is 4.92. The van der Waals surface area contributed by atoms with Crippen molar-refractivity contribution in [3.05, 3.63) is 0 Å². The molecule has 2 heterocycles. The quantitative estimate of drug-likeness (QED) is 0.795. The summed E-state index contributed by atoms with van der Waals surface area (Å²) in [5, 5.41) is 2.87. The molecular formula is C12H22N2O2. The fourth-order valence-corrected chi connectivity index (χ4v) is 2.71. The average molecular weight is 226 g/mol. The van der Waals surface area contributed by atoms with Crippen LogP contribution in [0.2, 0.25) is 0 Å². The van der Waals surface area contributed by atoms with Gasteiger partial charge in [-0.3, -0.25) is 0 Å². The van der Waals surface area contributed by atoms with Crippen LogP contribution in [-0.2, 0) is 4.74 Å². The van der Waals surface area contributed by atoms with Gasteiger partial charge < -0.3 is 15.0 Å². The highest BCUT2D eigenvalue weighted by Gasteiger charge is 2.28. The Labute approximate surface area is 97.3 Å². The molecule has 2 fully saturated rings. The zero-order valence-corrected chi connectivity index (χ0v) is 10.2. The molecule has 2 unspecified atom stereocenters. The number of piperidine rings is 1. The number of hydrogen-bond donors (Lipinski definition) is 1. The maximum absolute atomic E-state index is 10.9. The summed E-state index contributed by atoms with van der Waals surface area (Å²) in [6.07, 6.45) is 3.39. The van der Waals surface area contributed by atoms with E-state index in [4.69, 9.17) is 4.74 Å². The van der Waals surface area contributed by atoms with Crippen molar-refractivity contribution in [3.8, 4) is 0 Å². The summed E-state index contributed by atoms with van der Waals surface area (Å²) in [5.74, 6) is 0.711. The molecule has 2 aliphatic heterocycles. The number of carbonyl (C=O) groups is 1. The smallest absolute Gasteiger partial charge is 0.407 e. The molecule has 4 heteroatoms. The van der Waals surface area contributed by atoms with Gasteiger partial charge in [0.2, 0.25) is 0 Å². The van der Waals surface area contributed by atoms with Crippen molar-refractivity contribution < 1.29 is 9.53 Å². The molecule has 0 aromatic carbocycles. The first-order valence-corrected chi connectivity index (χ1v) is 6.32. The van der Waals surface area contributed by atoms with Gasteiger partial charge >= 0.3 is 6.09 Å². The molecule has 2 atom stereocenters. The number of ether oxygens (including phenoxy) is 1. The second kappa shape index (κ2) is 5.04. The van der Waals surface area contributed by atoms with E-state index in [0.29, 0.717) is 18.6 Å². The van der Waals surface area contributed by atoms with Crippen LogP contribution >= 0.6 is 0 Å². The first-order chi connectivity index (χ1) is 7.65. The number of hydrogen-bond acceptors (Lipinski definition) is 3. The summed E-state index contributed by atoms with van der Waals surface area (Å²) >= 11 is 0. The number of nitrogens with one attached hydrogen (secondary N) is 1. The molecule has 92 valence electrons. The van der Waals surface area contributed by atoms with Gasteiger partial charge in [-0.25, -0.2) is 4.79 Å². The van der Waals surface area contributed by atoms with Crippen LogP contribution < -0.4 is 5.32 Å². The molecule has 1 N–H and O–H groups in total. The SMILES string of the molecule is CC(C)N1CCCC(CC2COC(=O)N2)C1. The molecule has 0 saturated carbocycles. The molecule has 2 aliphatic rings. The van der Waals surface area contributed by atoms with Crippen molar-refractivity contribution >= 4 is 6.09 Å². The van der Waals surface area contributed by atoms with Crippen molar-refractivity contribution in [2.24, 2.45) is 5.92 Å². The van der Waals surface area contributed by atoms with Gasteiger partial charge in [-0.05, 0) is 45.6 Å². The van der Waals surface area contributed by atoms with Crippen molar-refractivity contribution in [2.45, 2.75) is 45.2 Å². The van der Waals surface area contributed by atoms with Crippen LogP contribution in [0, 0.1) is 5.92 Å². The van der Waals surface area contributed by atoms with Crippen molar-refractivity contribution in [2.75, 3.05) is 19.7 Å². The van der Waals surface area contributed by atoms with Gasteiger partial charge in [0.05, 0.1) is 6.04 Å². The molecule has 2 saturated heterocycles. The topological polar surface area (TPSA) is 41.6 Å². The van der Waals surface area contributed by atoms with E-state index in [-0.39, 0.29) is 12.1 Å². The van der Waals surface area contributed by atoms with Crippen molar-refractivity contribution in [1.82, 2.24) is 10.2 Å². The fraction of sp³-hybridized carbons (Fsp3) is 0.917. The van der Waals surface area contributed by atoms with Crippen molar-refractivity contribution in [1.29, 1.82) is 0 Å². The maximum atomic E-state index is 10.9. The van der Waals surface area contributed by atoms with Crippen LogP contribution in [0.1, 0.15) is 33.1 Å². The summed E-state index contributed by atoms with van der Waals surface area (Å²) in [4.78, 5) is 13.5. The molecule has 0 aromatic rings. The van der Waals surface area contributed by atoms with Crippen LogP contribution in [0.5, 0.6) is 0 Å². The normalized spacial score (nSPS) is 31.6. The van der Waals surface area contributed by atoms with Gasteiger partial charge in [0.15, 0.2) is 0 Å². The molecule has 1 amide bonds. The Morgan fingerprint density at radius 2 is 2.38 bits per heavy atom. The van der Waals surface area contributed by atoms with E-state index in [1.165, 1.54) is 25.9 Å². The molecule has 2 rings (SSSR count). The Morgan fingerprint density at radius 1 is 1.56 bits per heavy atom. The number of amides is 1. The predicted molar refractivity (Wildman–Crippen MR) is 62.3 cm³/mol. The number of nitrogens with zero attached hydrogens (tertiary/aromatic N) is 1. The van der Waals surface area contributed by atoms with E-state index in [1.54, 1.807) is 0 Å². The highest BCUT2D eigenvalue weighted by atomic mass is 16.6. The van der Waals surface area contributed by atoms with Gasteiger partial charge in [0, 0.05) is 12.6 Å². The standard InChI is InChI=1S/C12H22N2O2/c1-9(2)14-5-3-4-10(7-14)6-11-8-16-12(15)13-11/h9-11H,3-8H2,1-2H3,(H,13,15). The van der Waals surface area contributed by atoms with Crippen LogP contribution in [0.15, 0.2) is 0 Å². The Morgan fingerprint density at radius 3 is 3.00 bits per heavy atom. The predicted octanol–water partition coefficient (Wildman–Crippen LogP) is 1.61. The zero-order chi connectivity index (χ0) is 11.5. The van der Waals surface area contributed by atoms with Gasteiger partial charge in [0.25, 0.3) is 0 Å². The van der Waals surface area contributed by atoms with Gasteiger partial charge in [-0.1, -0.05) is 0 Å². The molecule has 0 aliphatic carbocycles. The maximum Gasteiger partial charge on any atom is 0.407 e. The van der Waals surface area contributed by atoms with Crippen LogP contribution in [0.3, 0.4) is 0 Å². The highest BCUT2D eigenvalue weighted by Crippen LogP contribution is 2.23. The Kier molecular flexibility index (Phi) is 3.69. The molecule has 0 spiro atoms. The molecule has 0 radical (unpaired) electrons. The fourth-order valence-electron chi connectivity index (χ4n) is 2.71. The zero-order valence-electron chi connectivity index (χ0n) is 10.2. The monoisotopic (exact) mass is 226 g/mol. The van der Waals surface area contributed by atoms with E-state index in [0.717, 1.165) is 6.42 Å². The number of carbonyl (C=O) groups excluding carboxylic acids is 1. The third-order valence-electron chi connectivity index (χ3n) is 3.64. The summed E-state index contributed by atoms with van der Waals surface area (Å²) in [6.45, 7) is 7.45. The molecular weight excluding hydrogens is 204 g/mol. The summed E-state index contributed by atoms with van der Waals surface area (Å²) in [6, 6.07) is 0.877. The van der Waals surface area contributed by atoms with Crippen molar-refractivity contribution in [3.63, 3.8) is 0 Å². The van der Waals surface area contributed by atoms with E-state index in [9.17, 15) is 4.79 Å². The first kappa shape index (κ1) is 11.7. The second-order valence-corrected chi connectivity index (χ2v) is 5.27. The lowest BCUT2D eigenvalue weighted by molar-refractivity contribution is 0.128. The van der Waals surface area contributed by atoms with Gasteiger partial charge in [-0.15, -0.1) is 0 Å². The van der Waals surface area contributed by atoms with Crippen LogP contribution in [0.25, 0.3) is 0 Å². The van der Waals surface area contributed by atoms with Crippen LogP contribution in [-0.4, -0.2) is 42.8 Å². The highest BCUT2D eigenvalue weighted by molar-refractivity contribution is 5.69. The lowest BCUT2D eigenvalue weighted by atomic mass is 9.91. The largest absolute Gasteiger partial charge is 0.447 e. The number of cyclic esters (lactones) is 1. The summed E-state index contributed by atoms with van der Waals surface area (Å²) in [7, 11) is 0. The van der Waals surface area contributed by atoms with E-state index >= 15 is 0 Å². The van der Waals surface area contributed by atoms with Crippen LogP contribution in [0.4, 0.5) is 4.79 Å². The summed E-state index contributed by atoms with van der Waals surface area (Å²) in [5.41, 5.74) is 0. The third-order valence-corrected chi connectivity index (χ3v) is 3.64. The van der Waals surface area contributed by atoms with E-state index in [2.05, 4.69) is 24.1 Å². The minimum absolute atomic E-state index is 0.240. The average Bonchev–Trinajstić information content (AvgIpc) is 2.64. The Bertz CT molecular complexity index is 255. The lowest BCUT2D eigenvalue weighted by Gasteiger charge is -2.36. The van der Waals surface area contributed by atoms with E-state index < -0.39 is 0 Å². The molecule has 0 aromatic heterocycles. The third kappa shape index (κ3) is 2.88. The second-order valence-electron chi connectivity index (χ2n) is 5.27. The minimum atomic E-state index is -0.249. The van der Waals surface area contributed by atoms with Gasteiger partial charge in [0.1, 0.15) is 6.61 Å². The molecule has 0 bridgehead atoms. The Hall–Kier alpha value is -0.770. The van der Waals surface area contributed by atoms with E-state index in [1.807, 2.05) is 0 Å². The number of rotatable bonds is 3. The Balaban J connectivity index is 1.79. The lowest BCUT2D eigenvalue weighted by Crippen LogP contribution is -2.42.